The Bertz CT molecular complexity index is 712. The fraction of sp³-hybridized carbons (Fsp3) is 0.909. The second kappa shape index (κ2) is 12.2. The molecule has 0 saturated carbocycles. The zero-order chi connectivity index (χ0) is 29.0. The standard InChI is InChI=1S/C22H37F9N2O3/c1-13(15(3)18(6,7)36-12-32)11-35-17(4,5)8-14(2)33-16(10-34)9-19(23,21(26,27)28)20(24,25)22(29,30)31/h14-16,33-34H,1,8-12,32H2,2-7H3. The van der Waals surface area contributed by atoms with Crippen LogP contribution in [0.15, 0.2) is 12.2 Å². The van der Waals surface area contributed by atoms with E-state index in [0.29, 0.717) is 5.57 Å². The first-order chi connectivity index (χ1) is 15.9. The van der Waals surface area contributed by atoms with Crippen molar-refractivity contribution in [3.8, 4) is 0 Å². The number of aliphatic hydroxyl groups excluding tert-OH is 1. The van der Waals surface area contributed by atoms with E-state index < -0.39 is 60.3 Å². The van der Waals surface area contributed by atoms with Gasteiger partial charge in [-0.3, -0.25) is 0 Å². The molecule has 0 aromatic carbocycles. The molecule has 0 aliphatic heterocycles. The van der Waals surface area contributed by atoms with E-state index >= 15 is 0 Å². The maximum Gasteiger partial charge on any atom is 0.457 e. The second-order valence-corrected chi connectivity index (χ2v) is 10.1. The van der Waals surface area contributed by atoms with Crippen LogP contribution in [0.2, 0.25) is 0 Å². The highest BCUT2D eigenvalue weighted by molar-refractivity contribution is 5.07. The van der Waals surface area contributed by atoms with Gasteiger partial charge in [0.2, 0.25) is 0 Å². The van der Waals surface area contributed by atoms with Crippen LogP contribution in [0, 0.1) is 5.92 Å². The Kier molecular flexibility index (Phi) is 11.8. The molecule has 4 N–H and O–H groups in total. The number of nitrogens with one attached hydrogen (secondary N) is 1. The topological polar surface area (TPSA) is 76.7 Å². The highest BCUT2D eigenvalue weighted by Crippen LogP contribution is 2.54. The summed E-state index contributed by atoms with van der Waals surface area (Å²) in [6, 6.07) is -2.95. The van der Waals surface area contributed by atoms with Crippen molar-refractivity contribution in [1.82, 2.24) is 5.32 Å². The Labute approximate surface area is 205 Å². The number of hydrogen-bond donors (Lipinski definition) is 3. The molecule has 0 bridgehead atoms. The molecule has 0 heterocycles. The van der Waals surface area contributed by atoms with Crippen LogP contribution < -0.4 is 11.1 Å². The molecule has 0 saturated heterocycles. The number of rotatable bonds is 15. The third-order valence-corrected chi connectivity index (χ3v) is 6.13. The van der Waals surface area contributed by atoms with Crippen LogP contribution in [0.5, 0.6) is 0 Å². The first-order valence-corrected chi connectivity index (χ1v) is 11.1. The van der Waals surface area contributed by atoms with Crippen molar-refractivity contribution >= 4 is 0 Å². The van der Waals surface area contributed by atoms with Gasteiger partial charge in [-0.2, -0.15) is 35.1 Å². The molecule has 4 unspecified atom stereocenters. The zero-order valence-corrected chi connectivity index (χ0v) is 21.2. The van der Waals surface area contributed by atoms with Crippen molar-refractivity contribution < 1.29 is 54.1 Å². The van der Waals surface area contributed by atoms with Gasteiger partial charge in [0.1, 0.15) is 0 Å². The van der Waals surface area contributed by atoms with Gasteiger partial charge in [-0.15, -0.1) is 0 Å². The van der Waals surface area contributed by atoms with Crippen LogP contribution in [-0.2, 0) is 9.47 Å². The maximum atomic E-state index is 14.4. The van der Waals surface area contributed by atoms with Gasteiger partial charge < -0.3 is 25.6 Å². The summed E-state index contributed by atoms with van der Waals surface area (Å²) in [6.45, 7) is 12.7. The molecule has 0 aromatic heterocycles. The summed E-state index contributed by atoms with van der Waals surface area (Å²) >= 11 is 0. The molecule has 0 aliphatic carbocycles. The van der Waals surface area contributed by atoms with Crippen molar-refractivity contribution in [2.75, 3.05) is 19.9 Å². The van der Waals surface area contributed by atoms with E-state index in [1.165, 1.54) is 6.92 Å². The molecule has 0 aromatic rings. The quantitative estimate of drug-likeness (QED) is 0.148. The van der Waals surface area contributed by atoms with Crippen LogP contribution >= 0.6 is 0 Å². The molecule has 216 valence electrons. The van der Waals surface area contributed by atoms with Crippen molar-refractivity contribution in [3.63, 3.8) is 0 Å². The molecule has 5 nitrogen and oxygen atoms in total. The highest BCUT2D eigenvalue weighted by Gasteiger charge is 2.81. The first kappa shape index (κ1) is 34.9. The molecular weight excluding hydrogens is 511 g/mol. The summed E-state index contributed by atoms with van der Waals surface area (Å²) < 4.78 is 130. The third kappa shape index (κ3) is 8.74. The monoisotopic (exact) mass is 548 g/mol. The van der Waals surface area contributed by atoms with E-state index in [9.17, 15) is 44.6 Å². The van der Waals surface area contributed by atoms with Crippen LogP contribution in [0.3, 0.4) is 0 Å². The zero-order valence-electron chi connectivity index (χ0n) is 21.2. The van der Waals surface area contributed by atoms with Crippen molar-refractivity contribution in [2.45, 2.75) is 102 Å². The molecule has 0 radical (unpaired) electrons. The summed E-state index contributed by atoms with van der Waals surface area (Å²) in [5.74, 6) is -6.93. The number of halogens is 9. The lowest BCUT2D eigenvalue weighted by Gasteiger charge is -2.39. The van der Waals surface area contributed by atoms with E-state index in [4.69, 9.17) is 15.2 Å². The minimum Gasteiger partial charge on any atom is -0.395 e. The summed E-state index contributed by atoms with van der Waals surface area (Å²) in [6.07, 6.45) is -15.7. The summed E-state index contributed by atoms with van der Waals surface area (Å²) in [5.41, 5.74) is -1.55. The highest BCUT2D eigenvalue weighted by atomic mass is 19.4. The lowest BCUT2D eigenvalue weighted by Crippen LogP contribution is -2.64. The molecule has 4 atom stereocenters. The molecule has 0 amide bonds. The van der Waals surface area contributed by atoms with E-state index in [-0.39, 0.29) is 25.7 Å². The van der Waals surface area contributed by atoms with Gasteiger partial charge in [0.15, 0.2) is 0 Å². The van der Waals surface area contributed by atoms with Crippen LogP contribution in [-0.4, -0.2) is 72.3 Å². The van der Waals surface area contributed by atoms with Gasteiger partial charge in [0, 0.05) is 24.4 Å². The number of alkyl halides is 9. The number of ether oxygens (including phenoxy) is 2. The van der Waals surface area contributed by atoms with E-state index in [1.54, 1.807) is 27.7 Å². The third-order valence-electron chi connectivity index (χ3n) is 6.13. The van der Waals surface area contributed by atoms with Gasteiger partial charge in [0.25, 0.3) is 5.67 Å². The normalized spacial score (nSPS) is 18.5. The molecule has 36 heavy (non-hydrogen) atoms. The largest absolute Gasteiger partial charge is 0.457 e. The lowest BCUT2D eigenvalue weighted by atomic mass is 9.86. The molecule has 0 aliphatic rings. The van der Waals surface area contributed by atoms with E-state index in [1.807, 2.05) is 6.92 Å². The van der Waals surface area contributed by atoms with Gasteiger partial charge in [-0.25, -0.2) is 4.39 Å². The van der Waals surface area contributed by atoms with Crippen molar-refractivity contribution in [2.24, 2.45) is 11.7 Å². The van der Waals surface area contributed by atoms with Gasteiger partial charge in [-0.1, -0.05) is 13.5 Å². The number of aliphatic hydroxyl groups is 1. The maximum absolute atomic E-state index is 14.4. The van der Waals surface area contributed by atoms with E-state index in [0.717, 1.165) is 0 Å². The minimum atomic E-state index is -6.80. The Balaban J connectivity index is 5.38. The second-order valence-electron chi connectivity index (χ2n) is 10.1. The van der Waals surface area contributed by atoms with E-state index in [2.05, 4.69) is 11.9 Å². The summed E-state index contributed by atoms with van der Waals surface area (Å²) in [5, 5.41) is 11.6. The molecule has 0 rings (SSSR count). The predicted octanol–water partition coefficient (Wildman–Crippen LogP) is 5.27. The first-order valence-electron chi connectivity index (χ1n) is 11.1. The average Bonchev–Trinajstić information content (AvgIpc) is 2.68. The van der Waals surface area contributed by atoms with Crippen LogP contribution in [0.1, 0.15) is 54.4 Å². The van der Waals surface area contributed by atoms with Crippen LogP contribution in [0.25, 0.3) is 0 Å². The molecule has 0 spiro atoms. The summed E-state index contributed by atoms with van der Waals surface area (Å²) in [7, 11) is 0. The SMILES string of the molecule is C=C(COC(C)(C)CC(C)NC(CO)CC(F)(C(F)(F)F)C(F)(F)C(F)(F)F)C(C)C(C)(C)OCN. The molecule has 0 fully saturated rings. The van der Waals surface area contributed by atoms with Crippen molar-refractivity contribution in [3.05, 3.63) is 12.2 Å². The Morgan fingerprint density at radius 1 is 0.889 bits per heavy atom. The van der Waals surface area contributed by atoms with Gasteiger partial charge >= 0.3 is 18.3 Å². The number of hydrogen-bond acceptors (Lipinski definition) is 5. The Morgan fingerprint density at radius 3 is 1.78 bits per heavy atom. The molecular formula is C22H37F9N2O3. The predicted molar refractivity (Wildman–Crippen MR) is 116 cm³/mol. The summed E-state index contributed by atoms with van der Waals surface area (Å²) in [4.78, 5) is 0. The lowest BCUT2D eigenvalue weighted by molar-refractivity contribution is -0.385. The van der Waals surface area contributed by atoms with Crippen molar-refractivity contribution in [1.29, 1.82) is 0 Å². The average molecular weight is 549 g/mol. The Morgan fingerprint density at radius 2 is 1.39 bits per heavy atom. The van der Waals surface area contributed by atoms with Gasteiger partial charge in [-0.05, 0) is 46.6 Å². The Hall–Kier alpha value is -1.09. The number of nitrogens with two attached hydrogens (primary N) is 1. The molecule has 14 heteroatoms. The van der Waals surface area contributed by atoms with Gasteiger partial charge in [0.05, 0.1) is 31.1 Å². The van der Waals surface area contributed by atoms with Crippen LogP contribution in [0.4, 0.5) is 39.5 Å². The minimum absolute atomic E-state index is 0.00875. The fourth-order valence-electron chi connectivity index (χ4n) is 3.66. The fourth-order valence-corrected chi connectivity index (χ4v) is 3.66. The smallest absolute Gasteiger partial charge is 0.395 e.